The monoisotopic (exact) mass is 155 g/mol. The Kier molecular flexibility index (Phi) is 1.97. The second-order valence-electron chi connectivity index (χ2n) is 3.75. The highest BCUT2D eigenvalue weighted by atomic mass is 16.5. The molecule has 1 aliphatic rings. The van der Waals surface area contributed by atoms with E-state index in [9.17, 15) is 0 Å². The minimum atomic E-state index is -0.0162. The van der Waals surface area contributed by atoms with Crippen molar-refractivity contribution in [2.45, 2.75) is 32.4 Å². The number of ether oxygens (including phenoxy) is 1. The van der Waals surface area contributed by atoms with Crippen LogP contribution in [-0.2, 0) is 4.74 Å². The molecule has 0 aromatic carbocycles. The lowest BCUT2D eigenvalue weighted by Gasteiger charge is -2.45. The number of hydrogen-bond donors (Lipinski definition) is 0. The molecule has 1 heterocycles. The minimum absolute atomic E-state index is 0.0162. The normalized spacial score (nSPS) is 31.6. The van der Waals surface area contributed by atoms with E-state index >= 15 is 0 Å². The Hall–Kier alpha value is -0.500. The molecule has 0 spiro atoms. The summed E-state index contributed by atoms with van der Waals surface area (Å²) in [4.78, 5) is 2.29. The van der Waals surface area contributed by atoms with Crippen LogP contribution in [-0.4, -0.2) is 30.1 Å². The van der Waals surface area contributed by atoms with Crippen LogP contribution < -0.4 is 0 Å². The van der Waals surface area contributed by atoms with Gasteiger partial charge in [-0.2, -0.15) is 0 Å². The first-order valence-electron chi connectivity index (χ1n) is 4.01. The van der Waals surface area contributed by atoms with Gasteiger partial charge in [-0.1, -0.05) is 6.58 Å². The lowest BCUT2D eigenvalue weighted by atomic mass is 9.97. The third-order valence-electron chi connectivity index (χ3n) is 2.72. The molecule has 1 rings (SSSR count). The predicted molar refractivity (Wildman–Crippen MR) is 46.4 cm³/mol. The fraction of sp³-hybridized carbons (Fsp3) is 0.778. The molecular formula is C9H17NO. The fourth-order valence-electron chi connectivity index (χ4n) is 1.26. The van der Waals surface area contributed by atoms with Crippen molar-refractivity contribution in [3.63, 3.8) is 0 Å². The number of rotatable bonds is 0. The van der Waals surface area contributed by atoms with Crippen LogP contribution in [0.2, 0.25) is 0 Å². The van der Waals surface area contributed by atoms with E-state index in [0.29, 0.717) is 6.04 Å². The summed E-state index contributed by atoms with van der Waals surface area (Å²) in [5.74, 6) is 0.873. The Balaban J connectivity index is 2.80. The molecule has 2 heteroatoms. The Labute approximate surface area is 68.8 Å². The van der Waals surface area contributed by atoms with Gasteiger partial charge in [-0.15, -0.1) is 0 Å². The SMILES string of the molecule is C=C1OCC(C)N(C)C1(C)C. The van der Waals surface area contributed by atoms with Crippen LogP contribution in [0.25, 0.3) is 0 Å². The summed E-state index contributed by atoms with van der Waals surface area (Å²) in [6, 6.07) is 0.482. The Morgan fingerprint density at radius 2 is 2.18 bits per heavy atom. The summed E-state index contributed by atoms with van der Waals surface area (Å²) >= 11 is 0. The van der Waals surface area contributed by atoms with Crippen LogP contribution >= 0.6 is 0 Å². The van der Waals surface area contributed by atoms with E-state index in [1.54, 1.807) is 0 Å². The van der Waals surface area contributed by atoms with E-state index in [1.807, 2.05) is 0 Å². The topological polar surface area (TPSA) is 12.5 Å². The number of morpholine rings is 1. The molecule has 1 saturated heterocycles. The molecule has 0 bridgehead atoms. The first-order chi connectivity index (χ1) is 4.96. The molecule has 64 valence electrons. The van der Waals surface area contributed by atoms with Crippen molar-refractivity contribution in [1.29, 1.82) is 0 Å². The molecular weight excluding hydrogens is 138 g/mol. The summed E-state index contributed by atoms with van der Waals surface area (Å²) in [6.45, 7) is 11.1. The van der Waals surface area contributed by atoms with Gasteiger partial charge in [0.2, 0.25) is 0 Å². The molecule has 0 radical (unpaired) electrons. The molecule has 0 saturated carbocycles. The summed E-state index contributed by atoms with van der Waals surface area (Å²) in [7, 11) is 2.11. The second kappa shape index (κ2) is 2.52. The summed E-state index contributed by atoms with van der Waals surface area (Å²) < 4.78 is 5.44. The Morgan fingerprint density at radius 3 is 2.64 bits per heavy atom. The molecule has 0 N–H and O–H groups in total. The van der Waals surface area contributed by atoms with Crippen molar-refractivity contribution >= 4 is 0 Å². The third kappa shape index (κ3) is 1.27. The van der Waals surface area contributed by atoms with Crippen LogP contribution in [0.4, 0.5) is 0 Å². The third-order valence-corrected chi connectivity index (χ3v) is 2.72. The van der Waals surface area contributed by atoms with E-state index in [4.69, 9.17) is 4.74 Å². The Bertz CT molecular complexity index is 174. The standard InChI is InChI=1S/C9H17NO/c1-7-6-11-8(2)9(3,4)10(7)5/h7H,2,6H2,1,3-5H3. The fourth-order valence-corrected chi connectivity index (χ4v) is 1.26. The van der Waals surface area contributed by atoms with Crippen LogP contribution in [0.15, 0.2) is 12.3 Å². The number of hydrogen-bond acceptors (Lipinski definition) is 2. The van der Waals surface area contributed by atoms with Gasteiger partial charge in [-0.25, -0.2) is 0 Å². The minimum Gasteiger partial charge on any atom is -0.495 e. The molecule has 11 heavy (non-hydrogen) atoms. The van der Waals surface area contributed by atoms with Crippen LogP contribution in [0.3, 0.4) is 0 Å². The maximum Gasteiger partial charge on any atom is 0.109 e. The maximum absolute atomic E-state index is 5.44. The number of likely N-dealkylation sites (N-methyl/N-ethyl adjacent to an activating group) is 1. The number of nitrogens with zero attached hydrogens (tertiary/aromatic N) is 1. The zero-order valence-corrected chi connectivity index (χ0v) is 7.85. The highest BCUT2D eigenvalue weighted by Gasteiger charge is 2.35. The zero-order valence-electron chi connectivity index (χ0n) is 7.85. The first-order valence-corrected chi connectivity index (χ1v) is 4.01. The lowest BCUT2D eigenvalue weighted by Crippen LogP contribution is -2.53. The second-order valence-corrected chi connectivity index (χ2v) is 3.75. The van der Waals surface area contributed by atoms with Crippen molar-refractivity contribution in [2.75, 3.05) is 13.7 Å². The van der Waals surface area contributed by atoms with Gasteiger partial charge in [-0.05, 0) is 27.8 Å². The summed E-state index contributed by atoms with van der Waals surface area (Å²) in [5.41, 5.74) is -0.0162. The van der Waals surface area contributed by atoms with Crippen LogP contribution in [0.5, 0.6) is 0 Å². The van der Waals surface area contributed by atoms with E-state index in [1.165, 1.54) is 0 Å². The molecule has 1 fully saturated rings. The highest BCUT2D eigenvalue weighted by Crippen LogP contribution is 2.28. The first kappa shape index (κ1) is 8.60. The zero-order chi connectivity index (χ0) is 8.65. The van der Waals surface area contributed by atoms with Gasteiger partial charge in [0.1, 0.15) is 12.4 Å². The van der Waals surface area contributed by atoms with Crippen molar-refractivity contribution in [2.24, 2.45) is 0 Å². The summed E-state index contributed by atoms with van der Waals surface area (Å²) in [5, 5.41) is 0. The molecule has 0 aromatic rings. The quantitative estimate of drug-likeness (QED) is 0.527. The van der Waals surface area contributed by atoms with E-state index < -0.39 is 0 Å². The molecule has 1 atom stereocenters. The van der Waals surface area contributed by atoms with Gasteiger partial charge in [0, 0.05) is 6.04 Å². The van der Waals surface area contributed by atoms with Crippen molar-refractivity contribution < 1.29 is 4.74 Å². The van der Waals surface area contributed by atoms with Gasteiger partial charge in [0.15, 0.2) is 0 Å². The van der Waals surface area contributed by atoms with Gasteiger partial charge in [0.05, 0.1) is 5.54 Å². The van der Waals surface area contributed by atoms with Gasteiger partial charge >= 0.3 is 0 Å². The van der Waals surface area contributed by atoms with Gasteiger partial charge < -0.3 is 4.74 Å². The molecule has 0 aliphatic carbocycles. The van der Waals surface area contributed by atoms with Crippen LogP contribution in [0.1, 0.15) is 20.8 Å². The molecule has 1 unspecified atom stereocenters. The largest absolute Gasteiger partial charge is 0.495 e. The predicted octanol–water partition coefficient (Wildman–Crippen LogP) is 1.63. The maximum atomic E-state index is 5.44. The average molecular weight is 155 g/mol. The van der Waals surface area contributed by atoms with E-state index in [2.05, 4.69) is 39.3 Å². The summed E-state index contributed by atoms with van der Waals surface area (Å²) in [6.07, 6.45) is 0. The molecule has 1 aliphatic heterocycles. The lowest BCUT2D eigenvalue weighted by molar-refractivity contribution is -0.0167. The smallest absolute Gasteiger partial charge is 0.109 e. The van der Waals surface area contributed by atoms with Crippen molar-refractivity contribution in [3.8, 4) is 0 Å². The van der Waals surface area contributed by atoms with E-state index in [0.717, 1.165) is 12.4 Å². The van der Waals surface area contributed by atoms with Crippen molar-refractivity contribution in [3.05, 3.63) is 12.3 Å². The van der Waals surface area contributed by atoms with Gasteiger partial charge in [-0.3, -0.25) is 4.90 Å². The van der Waals surface area contributed by atoms with Crippen LogP contribution in [0, 0.1) is 0 Å². The molecule has 0 amide bonds. The van der Waals surface area contributed by atoms with Crippen molar-refractivity contribution in [1.82, 2.24) is 4.90 Å². The Morgan fingerprint density at radius 1 is 1.64 bits per heavy atom. The molecule has 2 nitrogen and oxygen atoms in total. The average Bonchev–Trinajstić information content (AvgIpc) is 1.95. The van der Waals surface area contributed by atoms with E-state index in [-0.39, 0.29) is 5.54 Å². The molecule has 0 aromatic heterocycles. The van der Waals surface area contributed by atoms with Gasteiger partial charge in [0.25, 0.3) is 0 Å². The highest BCUT2D eigenvalue weighted by molar-refractivity contribution is 5.09.